The lowest BCUT2D eigenvalue weighted by molar-refractivity contribution is -0.379. The Morgan fingerprint density at radius 3 is 2.20 bits per heavy atom. The van der Waals surface area contributed by atoms with Gasteiger partial charge in [0.2, 0.25) is 5.91 Å². The molecule has 3 N–H and O–H groups in total. The summed E-state index contributed by atoms with van der Waals surface area (Å²) < 4.78 is 0. The third-order valence-electron chi connectivity index (χ3n) is 1.44. The number of likely N-dealkylation sites (tertiary alicyclic amines) is 1. The Morgan fingerprint density at radius 2 is 2.00 bits per heavy atom. The van der Waals surface area contributed by atoms with Crippen molar-refractivity contribution in [2.24, 2.45) is 0 Å². The van der Waals surface area contributed by atoms with Gasteiger partial charge in [0.15, 0.2) is 0 Å². The van der Waals surface area contributed by atoms with Crippen molar-refractivity contribution in [3.05, 3.63) is 0 Å². The van der Waals surface area contributed by atoms with E-state index in [4.69, 9.17) is 15.3 Å². The van der Waals surface area contributed by atoms with Gasteiger partial charge in [0, 0.05) is 13.0 Å². The molecule has 5 heteroatoms. The zero-order valence-electron chi connectivity index (χ0n) is 5.32. The zero-order chi connectivity index (χ0) is 7.78. The van der Waals surface area contributed by atoms with Crippen LogP contribution in [-0.4, -0.2) is 38.8 Å². The number of carbonyl (C=O) groups is 1. The minimum atomic E-state index is -2.96. The van der Waals surface area contributed by atoms with Crippen molar-refractivity contribution in [2.75, 3.05) is 6.54 Å². The van der Waals surface area contributed by atoms with E-state index >= 15 is 0 Å². The fourth-order valence-electron chi connectivity index (χ4n) is 0.965. The average molecular weight is 147 g/mol. The molecular weight excluding hydrogens is 138 g/mol. The van der Waals surface area contributed by atoms with Crippen LogP contribution in [0.3, 0.4) is 0 Å². The molecule has 1 heterocycles. The first-order valence-corrected chi connectivity index (χ1v) is 2.99. The third kappa shape index (κ3) is 1.26. The molecule has 1 aliphatic rings. The standard InChI is InChI=1S/C5H9NO4/c7-4-2-1-3-6(4)5(8,9)10/h8-10H,1-3H2. The highest BCUT2D eigenvalue weighted by Gasteiger charge is 2.36. The number of hydrogen-bond acceptors (Lipinski definition) is 4. The van der Waals surface area contributed by atoms with Gasteiger partial charge in [-0.3, -0.25) is 9.69 Å². The third-order valence-corrected chi connectivity index (χ3v) is 1.44. The topological polar surface area (TPSA) is 81.0 Å². The minimum absolute atomic E-state index is 0.197. The predicted octanol–water partition coefficient (Wildman–Crippen LogP) is -1.80. The molecule has 0 spiro atoms. The monoisotopic (exact) mass is 147 g/mol. The largest absolute Gasteiger partial charge is 0.371 e. The summed E-state index contributed by atoms with van der Waals surface area (Å²) in [6, 6.07) is 0. The highest BCUT2D eigenvalue weighted by atomic mass is 16.7. The maximum Gasteiger partial charge on any atom is 0.371 e. The molecule has 1 rings (SSSR count). The van der Waals surface area contributed by atoms with E-state index in [2.05, 4.69) is 0 Å². The lowest BCUT2D eigenvalue weighted by atomic mass is 10.4. The van der Waals surface area contributed by atoms with Gasteiger partial charge in [0.25, 0.3) is 0 Å². The van der Waals surface area contributed by atoms with E-state index in [1.54, 1.807) is 0 Å². The maximum atomic E-state index is 10.7. The number of aliphatic hydroxyl groups is 3. The van der Waals surface area contributed by atoms with Gasteiger partial charge < -0.3 is 15.3 Å². The lowest BCUT2D eigenvalue weighted by Gasteiger charge is -2.24. The highest BCUT2D eigenvalue weighted by molar-refractivity contribution is 5.78. The molecule has 5 nitrogen and oxygen atoms in total. The SMILES string of the molecule is O=C1CCCN1C(O)(O)O. The van der Waals surface area contributed by atoms with Gasteiger partial charge in [-0.15, -0.1) is 0 Å². The molecule has 0 bridgehead atoms. The Labute approximate surface area is 57.5 Å². The molecule has 0 saturated carbocycles. The molecule has 0 aliphatic carbocycles. The first-order chi connectivity index (χ1) is 4.52. The summed E-state index contributed by atoms with van der Waals surface area (Å²) >= 11 is 0. The normalized spacial score (nSPS) is 20.3. The number of nitrogens with zero attached hydrogens (tertiary/aromatic N) is 1. The summed E-state index contributed by atoms with van der Waals surface area (Å²) in [5.41, 5.74) is 0. The minimum Gasteiger partial charge on any atom is -0.325 e. The summed E-state index contributed by atoms with van der Waals surface area (Å²) in [7, 11) is 0. The fraction of sp³-hybridized carbons (Fsp3) is 0.800. The summed E-state index contributed by atoms with van der Waals surface area (Å²) in [6.45, 7) is 0.197. The van der Waals surface area contributed by atoms with Gasteiger partial charge in [0.1, 0.15) is 0 Å². The molecule has 0 radical (unpaired) electrons. The molecule has 1 fully saturated rings. The smallest absolute Gasteiger partial charge is 0.325 e. The van der Waals surface area contributed by atoms with Crippen LogP contribution in [0, 0.1) is 0 Å². The van der Waals surface area contributed by atoms with Crippen LogP contribution < -0.4 is 0 Å². The maximum absolute atomic E-state index is 10.7. The Hall–Kier alpha value is -0.650. The lowest BCUT2D eigenvalue weighted by Crippen LogP contribution is -2.49. The van der Waals surface area contributed by atoms with E-state index in [0.717, 1.165) is 0 Å². The summed E-state index contributed by atoms with van der Waals surface area (Å²) in [4.78, 5) is 11.3. The first-order valence-electron chi connectivity index (χ1n) is 2.99. The molecule has 0 unspecified atom stereocenters. The molecule has 0 atom stereocenters. The van der Waals surface area contributed by atoms with Crippen LogP contribution in [0.5, 0.6) is 0 Å². The summed E-state index contributed by atoms with van der Waals surface area (Å²) in [5, 5.41) is 25.5. The molecule has 1 saturated heterocycles. The van der Waals surface area contributed by atoms with Crippen molar-refractivity contribution in [1.82, 2.24) is 4.90 Å². The van der Waals surface area contributed by atoms with E-state index in [0.29, 0.717) is 11.3 Å². The summed E-state index contributed by atoms with van der Waals surface area (Å²) in [6.07, 6.45) is -2.14. The van der Waals surface area contributed by atoms with E-state index in [9.17, 15) is 4.79 Å². The van der Waals surface area contributed by atoms with Crippen molar-refractivity contribution < 1.29 is 20.1 Å². The fourth-order valence-corrected chi connectivity index (χ4v) is 0.965. The van der Waals surface area contributed by atoms with Gasteiger partial charge in [-0.2, -0.15) is 0 Å². The molecule has 1 amide bonds. The van der Waals surface area contributed by atoms with Crippen molar-refractivity contribution in [2.45, 2.75) is 18.9 Å². The number of hydrogen-bond donors (Lipinski definition) is 3. The van der Waals surface area contributed by atoms with Crippen LogP contribution in [0.1, 0.15) is 12.8 Å². The van der Waals surface area contributed by atoms with Gasteiger partial charge in [-0.05, 0) is 6.42 Å². The van der Waals surface area contributed by atoms with Crippen molar-refractivity contribution >= 4 is 5.91 Å². The Balaban J connectivity index is 2.64. The Kier molecular flexibility index (Phi) is 1.63. The quantitative estimate of drug-likeness (QED) is 0.382. The van der Waals surface area contributed by atoms with Gasteiger partial charge in [0.05, 0.1) is 0 Å². The molecule has 1 aliphatic heterocycles. The van der Waals surface area contributed by atoms with E-state index in [1.165, 1.54) is 0 Å². The van der Waals surface area contributed by atoms with Gasteiger partial charge in [-0.25, -0.2) is 0 Å². The van der Waals surface area contributed by atoms with Crippen LogP contribution in [-0.2, 0) is 4.79 Å². The number of amides is 1. The summed E-state index contributed by atoms with van der Waals surface area (Å²) in [5.74, 6) is -0.437. The second-order valence-corrected chi connectivity index (χ2v) is 2.25. The van der Waals surface area contributed by atoms with Crippen molar-refractivity contribution in [1.29, 1.82) is 0 Å². The molecule has 58 valence electrons. The van der Waals surface area contributed by atoms with Crippen LogP contribution in [0.15, 0.2) is 0 Å². The molecule has 0 aromatic carbocycles. The van der Waals surface area contributed by atoms with Crippen LogP contribution in [0.4, 0.5) is 0 Å². The molecule has 10 heavy (non-hydrogen) atoms. The van der Waals surface area contributed by atoms with Crippen LogP contribution in [0.2, 0.25) is 0 Å². The second kappa shape index (κ2) is 2.19. The average Bonchev–Trinajstić information content (AvgIpc) is 2.11. The molecule has 0 aromatic heterocycles. The van der Waals surface area contributed by atoms with Crippen LogP contribution in [0.25, 0.3) is 0 Å². The van der Waals surface area contributed by atoms with Crippen molar-refractivity contribution in [3.8, 4) is 0 Å². The van der Waals surface area contributed by atoms with Gasteiger partial charge >= 0.3 is 6.10 Å². The van der Waals surface area contributed by atoms with Crippen molar-refractivity contribution in [3.63, 3.8) is 0 Å². The van der Waals surface area contributed by atoms with E-state index in [-0.39, 0.29) is 13.0 Å². The Morgan fingerprint density at radius 1 is 1.40 bits per heavy atom. The van der Waals surface area contributed by atoms with Gasteiger partial charge in [-0.1, -0.05) is 0 Å². The first kappa shape index (κ1) is 7.46. The van der Waals surface area contributed by atoms with Crippen LogP contribution >= 0.6 is 0 Å². The zero-order valence-corrected chi connectivity index (χ0v) is 5.32. The predicted molar refractivity (Wildman–Crippen MR) is 30.3 cm³/mol. The number of carbonyl (C=O) groups excluding carboxylic acids is 1. The molecule has 0 aromatic rings. The molecular formula is C5H9NO4. The van der Waals surface area contributed by atoms with E-state index in [1.807, 2.05) is 0 Å². The highest BCUT2D eigenvalue weighted by Crippen LogP contribution is 2.15. The second-order valence-electron chi connectivity index (χ2n) is 2.25. The number of rotatable bonds is 1. The Bertz CT molecular complexity index is 150. The van der Waals surface area contributed by atoms with E-state index < -0.39 is 12.0 Å².